The molecule has 0 aromatic carbocycles. The fraction of sp³-hybridized carbons (Fsp3) is 0.778. The molecular weight excluding hydrogens is 290 g/mol. The zero-order valence-electron chi connectivity index (χ0n) is 14.8. The van der Waals surface area contributed by atoms with Crippen molar-refractivity contribution in [2.24, 2.45) is 17.3 Å². The molecule has 2 aliphatic carbocycles. The highest BCUT2D eigenvalue weighted by atomic mass is 16.5. The van der Waals surface area contributed by atoms with Gasteiger partial charge in [-0.3, -0.25) is 4.79 Å². The van der Waals surface area contributed by atoms with Crippen LogP contribution in [0.15, 0.2) is 10.6 Å². The summed E-state index contributed by atoms with van der Waals surface area (Å²) < 4.78 is 5.40. The standard InChI is InChI=1S/C18H29N3O2/c1-18(2)13(8-14-10-15(23-20-14)11-21(3)4)9-16(18)19-17(22)12-6-5-7-12/h10,12-13,16H,5-9,11H2,1-4H3,(H,19,22)/t13-,16+/m1/s1. The van der Waals surface area contributed by atoms with E-state index >= 15 is 0 Å². The highest BCUT2D eigenvalue weighted by molar-refractivity contribution is 5.79. The molecule has 0 saturated heterocycles. The van der Waals surface area contributed by atoms with E-state index in [-0.39, 0.29) is 17.2 Å². The van der Waals surface area contributed by atoms with Crippen molar-refractivity contribution in [1.82, 2.24) is 15.4 Å². The molecule has 0 radical (unpaired) electrons. The van der Waals surface area contributed by atoms with Gasteiger partial charge in [0.2, 0.25) is 5.91 Å². The summed E-state index contributed by atoms with van der Waals surface area (Å²) in [6.07, 6.45) is 5.31. The SMILES string of the molecule is CN(C)Cc1cc(C[C@@H]2C[C@H](NC(=O)C3CCC3)C2(C)C)no1. The highest BCUT2D eigenvalue weighted by Crippen LogP contribution is 2.48. The fourth-order valence-electron chi connectivity index (χ4n) is 3.66. The van der Waals surface area contributed by atoms with Crippen molar-refractivity contribution in [2.75, 3.05) is 14.1 Å². The first kappa shape index (κ1) is 16.5. The normalized spacial score (nSPS) is 26.7. The summed E-state index contributed by atoms with van der Waals surface area (Å²) in [5, 5.41) is 7.47. The summed E-state index contributed by atoms with van der Waals surface area (Å²) in [5.74, 6) is 2.00. The van der Waals surface area contributed by atoms with Gasteiger partial charge in [-0.25, -0.2) is 0 Å². The van der Waals surface area contributed by atoms with Crippen LogP contribution in [-0.2, 0) is 17.8 Å². The monoisotopic (exact) mass is 319 g/mol. The number of rotatable bonds is 6. The Bertz CT molecular complexity index is 560. The van der Waals surface area contributed by atoms with Gasteiger partial charge in [0, 0.05) is 18.0 Å². The maximum absolute atomic E-state index is 12.1. The van der Waals surface area contributed by atoms with Crippen LogP contribution in [0.25, 0.3) is 0 Å². The summed E-state index contributed by atoms with van der Waals surface area (Å²) in [4.78, 5) is 14.2. The topological polar surface area (TPSA) is 58.4 Å². The third kappa shape index (κ3) is 3.44. The Balaban J connectivity index is 1.52. The average molecular weight is 319 g/mol. The van der Waals surface area contributed by atoms with Crippen molar-refractivity contribution in [2.45, 2.75) is 58.5 Å². The number of carbonyl (C=O) groups is 1. The number of nitrogens with zero attached hydrogens (tertiary/aromatic N) is 2. The smallest absolute Gasteiger partial charge is 0.223 e. The van der Waals surface area contributed by atoms with E-state index in [1.165, 1.54) is 6.42 Å². The summed E-state index contributed by atoms with van der Waals surface area (Å²) in [7, 11) is 4.04. The molecule has 1 aromatic rings. The van der Waals surface area contributed by atoms with Gasteiger partial charge in [0.05, 0.1) is 12.2 Å². The van der Waals surface area contributed by atoms with Crippen LogP contribution in [0.4, 0.5) is 0 Å². The van der Waals surface area contributed by atoms with Crippen molar-refractivity contribution in [3.8, 4) is 0 Å². The number of nitrogens with one attached hydrogen (secondary N) is 1. The lowest BCUT2D eigenvalue weighted by Crippen LogP contribution is -2.59. The molecule has 0 unspecified atom stereocenters. The van der Waals surface area contributed by atoms with E-state index in [9.17, 15) is 4.79 Å². The second-order valence-electron chi connectivity index (χ2n) is 8.17. The number of amides is 1. The maximum atomic E-state index is 12.1. The van der Waals surface area contributed by atoms with Gasteiger partial charge in [0.1, 0.15) is 0 Å². The van der Waals surface area contributed by atoms with Crippen LogP contribution < -0.4 is 5.32 Å². The number of hydrogen-bond donors (Lipinski definition) is 1. The molecule has 1 N–H and O–H groups in total. The molecular formula is C18H29N3O2. The van der Waals surface area contributed by atoms with Crippen molar-refractivity contribution < 1.29 is 9.32 Å². The highest BCUT2D eigenvalue weighted by Gasteiger charge is 2.49. The van der Waals surface area contributed by atoms with E-state index in [4.69, 9.17) is 4.52 Å². The van der Waals surface area contributed by atoms with Gasteiger partial charge in [0.25, 0.3) is 0 Å². The van der Waals surface area contributed by atoms with Crippen LogP contribution in [0, 0.1) is 17.3 Å². The third-order valence-corrected chi connectivity index (χ3v) is 5.80. The predicted octanol–water partition coefficient (Wildman–Crippen LogP) is 2.61. The Morgan fingerprint density at radius 1 is 1.43 bits per heavy atom. The van der Waals surface area contributed by atoms with Crippen molar-refractivity contribution in [1.29, 1.82) is 0 Å². The van der Waals surface area contributed by atoms with Crippen LogP contribution in [0.2, 0.25) is 0 Å². The minimum Gasteiger partial charge on any atom is -0.360 e. The zero-order valence-corrected chi connectivity index (χ0v) is 14.8. The molecule has 1 heterocycles. The molecule has 5 nitrogen and oxygen atoms in total. The molecule has 3 rings (SSSR count). The quantitative estimate of drug-likeness (QED) is 0.875. The van der Waals surface area contributed by atoms with Gasteiger partial charge in [-0.15, -0.1) is 0 Å². The van der Waals surface area contributed by atoms with Crippen LogP contribution in [0.1, 0.15) is 51.0 Å². The Labute approximate surface area is 138 Å². The predicted molar refractivity (Wildman–Crippen MR) is 88.8 cm³/mol. The van der Waals surface area contributed by atoms with E-state index in [1.54, 1.807) is 0 Å². The minimum atomic E-state index is 0.125. The Kier molecular flexibility index (Phi) is 4.50. The van der Waals surface area contributed by atoms with E-state index in [0.29, 0.717) is 12.0 Å². The molecule has 2 aliphatic rings. The lowest BCUT2D eigenvalue weighted by Gasteiger charge is -2.52. The molecule has 1 amide bonds. The molecule has 23 heavy (non-hydrogen) atoms. The molecule has 0 spiro atoms. The minimum absolute atomic E-state index is 0.125. The van der Waals surface area contributed by atoms with Crippen molar-refractivity contribution in [3.05, 3.63) is 17.5 Å². The summed E-state index contributed by atoms with van der Waals surface area (Å²) in [5.41, 5.74) is 1.16. The molecule has 5 heteroatoms. The largest absolute Gasteiger partial charge is 0.360 e. The fourth-order valence-corrected chi connectivity index (χ4v) is 3.66. The van der Waals surface area contributed by atoms with Gasteiger partial charge in [-0.1, -0.05) is 25.4 Å². The van der Waals surface area contributed by atoms with Gasteiger partial charge < -0.3 is 14.7 Å². The number of carbonyl (C=O) groups excluding carboxylic acids is 1. The molecule has 2 fully saturated rings. The van der Waals surface area contributed by atoms with Crippen molar-refractivity contribution in [3.63, 3.8) is 0 Å². The lowest BCUT2D eigenvalue weighted by molar-refractivity contribution is -0.132. The number of hydrogen-bond acceptors (Lipinski definition) is 4. The van der Waals surface area contributed by atoms with Crippen LogP contribution in [-0.4, -0.2) is 36.1 Å². The second kappa shape index (κ2) is 6.27. The van der Waals surface area contributed by atoms with E-state index in [2.05, 4.69) is 35.3 Å². The van der Waals surface area contributed by atoms with Gasteiger partial charge in [-0.05, 0) is 51.1 Å². The average Bonchev–Trinajstić information content (AvgIpc) is 2.82. The molecule has 128 valence electrons. The van der Waals surface area contributed by atoms with Gasteiger partial charge in [0.15, 0.2) is 5.76 Å². The number of aromatic nitrogens is 1. The summed E-state index contributed by atoms with van der Waals surface area (Å²) in [6, 6.07) is 2.37. The Morgan fingerprint density at radius 2 is 2.17 bits per heavy atom. The van der Waals surface area contributed by atoms with E-state index in [0.717, 1.165) is 43.7 Å². The van der Waals surface area contributed by atoms with Crippen LogP contribution >= 0.6 is 0 Å². The summed E-state index contributed by atoms with van der Waals surface area (Å²) in [6.45, 7) is 5.29. The first-order valence-electron chi connectivity index (χ1n) is 8.76. The molecule has 2 atom stereocenters. The molecule has 0 aliphatic heterocycles. The van der Waals surface area contributed by atoms with Gasteiger partial charge >= 0.3 is 0 Å². The third-order valence-electron chi connectivity index (χ3n) is 5.80. The Hall–Kier alpha value is -1.36. The molecule has 0 bridgehead atoms. The van der Waals surface area contributed by atoms with Gasteiger partial charge in [-0.2, -0.15) is 0 Å². The zero-order chi connectivity index (χ0) is 16.6. The lowest BCUT2D eigenvalue weighted by atomic mass is 9.57. The van der Waals surface area contributed by atoms with Crippen LogP contribution in [0.5, 0.6) is 0 Å². The first-order valence-corrected chi connectivity index (χ1v) is 8.76. The second-order valence-corrected chi connectivity index (χ2v) is 8.17. The van der Waals surface area contributed by atoms with Crippen LogP contribution in [0.3, 0.4) is 0 Å². The Morgan fingerprint density at radius 3 is 2.74 bits per heavy atom. The van der Waals surface area contributed by atoms with Crippen molar-refractivity contribution >= 4 is 5.91 Å². The maximum Gasteiger partial charge on any atom is 0.223 e. The first-order chi connectivity index (χ1) is 10.9. The van der Waals surface area contributed by atoms with E-state index < -0.39 is 0 Å². The summed E-state index contributed by atoms with van der Waals surface area (Å²) >= 11 is 0. The molecule has 1 aromatic heterocycles. The van der Waals surface area contributed by atoms with E-state index in [1.807, 2.05) is 14.1 Å². The molecule has 2 saturated carbocycles.